The molecule has 0 atom stereocenters. The molecule has 0 saturated carbocycles. The Hall–Kier alpha value is -3.66. The van der Waals surface area contributed by atoms with Gasteiger partial charge in [-0.3, -0.25) is 0 Å². The van der Waals surface area contributed by atoms with Gasteiger partial charge < -0.3 is 14.4 Å². The summed E-state index contributed by atoms with van der Waals surface area (Å²) in [6.07, 6.45) is 1.11. The molecule has 0 bridgehead atoms. The van der Waals surface area contributed by atoms with Crippen molar-refractivity contribution < 1.29 is 43.7 Å². The fourth-order valence-electron chi connectivity index (χ4n) is 5.90. The average molecular weight is 814 g/mol. The summed E-state index contributed by atoms with van der Waals surface area (Å²) in [4.78, 5) is 12.9. The number of hydrogen-bond donors (Lipinski definition) is 0. The van der Waals surface area contributed by atoms with Crippen molar-refractivity contribution in [3.8, 4) is 22.5 Å². The Kier molecular flexibility index (Phi) is 5.45. The van der Waals surface area contributed by atoms with Crippen LogP contribution in [-0.4, -0.2) is 15.0 Å². The molecule has 0 saturated heterocycles. The Bertz CT molecular complexity index is 2600. The van der Waals surface area contributed by atoms with E-state index in [4.69, 9.17) is 23.6 Å². The summed E-state index contributed by atoms with van der Waals surface area (Å²) in [5.74, 6) is 0. The molecule has 0 fully saturated rings. The summed E-state index contributed by atoms with van der Waals surface area (Å²) in [5.41, 5.74) is 2.62. The van der Waals surface area contributed by atoms with Crippen LogP contribution in [0.5, 0.6) is 0 Å². The monoisotopic (exact) mass is 814 g/mol. The summed E-state index contributed by atoms with van der Waals surface area (Å²) in [5, 5.41) is 1.44. The van der Waals surface area contributed by atoms with E-state index in [0.717, 1.165) is 22.7 Å². The maximum Gasteiger partial charge on any atom is 0.216 e. The molecule has 4 heterocycles. The van der Waals surface area contributed by atoms with Crippen molar-refractivity contribution in [3.05, 3.63) is 112 Å². The van der Waals surface area contributed by atoms with Crippen molar-refractivity contribution in [2.45, 2.75) is 93.1 Å². The van der Waals surface area contributed by atoms with Gasteiger partial charge in [-0.05, 0) is 82.7 Å². The molecule has 1 aliphatic carbocycles. The first-order valence-electron chi connectivity index (χ1n) is 22.0. The molecule has 7 rings (SSSR count). The minimum Gasteiger partial charge on any atom is -0.486 e. The van der Waals surface area contributed by atoms with Crippen LogP contribution in [-0.2, 0) is 37.3 Å². The molecule has 1 radical (unpaired) electrons. The van der Waals surface area contributed by atoms with Crippen molar-refractivity contribution in [2.24, 2.45) is 5.41 Å². The first kappa shape index (κ1) is 20.6. The number of aryl methyl sites for hydroxylation is 4. The van der Waals surface area contributed by atoms with Gasteiger partial charge in [-0.25, -0.2) is 4.98 Å². The summed E-state index contributed by atoms with van der Waals surface area (Å²) in [6, 6.07) is 18.9. The number of rotatable bonds is 3. The SMILES string of the molecule is [2H]C([2H])([2H])c1c[c-]c(-c2ccc(C([2H])([2H])C(C)(C)C)cn2)cc1.[2H]C([2H])([2H])c1cc2c3c(n1)oc1c(-c4cc(C([2H])([2H])[2H])c(C([2H])([2H])[2H])cn4)[c-]cc(c13)C(C)(C)C2(C)C.[Ir]. The van der Waals surface area contributed by atoms with Gasteiger partial charge in [0.1, 0.15) is 0 Å². The quantitative estimate of drug-likeness (QED) is 0.167. The van der Waals surface area contributed by atoms with Crippen LogP contribution in [0, 0.1) is 45.0 Å². The van der Waals surface area contributed by atoms with Gasteiger partial charge in [0.05, 0.1) is 5.58 Å². The van der Waals surface area contributed by atoms with Gasteiger partial charge in [0.25, 0.3) is 0 Å². The largest absolute Gasteiger partial charge is 0.486 e. The van der Waals surface area contributed by atoms with E-state index < -0.39 is 50.0 Å². The topological polar surface area (TPSA) is 51.8 Å². The van der Waals surface area contributed by atoms with Gasteiger partial charge in [-0.15, -0.1) is 53.1 Å². The molecule has 0 spiro atoms. The van der Waals surface area contributed by atoms with E-state index in [1.807, 2.05) is 26.8 Å². The molecule has 4 aromatic heterocycles. The standard InChI is InChI=1S/C25H25N2O.C17H20N.Ir/c1-13-10-19(26-12-14(13)2)16-8-9-17-20-21-18(25(6,7)24(17,4)5)11-15(3)27-23(21)28-22(16)20;1-13-5-8-15(9-6-13)16-10-7-14(12-18-16)11-17(2,3)4;/h9-12H,1-7H3;5-8,10,12H,11H2,1-4H3;/q2*-1;/i1D3,2D3,3D3;1D3,11D2;. The molecule has 47 heavy (non-hydrogen) atoms. The molecule has 6 aromatic rings. The number of benzene rings is 2. The number of nitrogens with zero attached hydrogens (tertiary/aromatic N) is 3. The van der Waals surface area contributed by atoms with Crippen LogP contribution < -0.4 is 0 Å². The molecule has 4 nitrogen and oxygen atoms in total. The van der Waals surface area contributed by atoms with Gasteiger partial charge in [0.2, 0.25) is 5.71 Å². The first-order valence-corrected chi connectivity index (χ1v) is 15.0. The molecule has 0 N–H and O–H groups in total. The number of aromatic nitrogens is 3. The molecular weight excluding hydrogens is 755 g/mol. The third kappa shape index (κ3) is 6.33. The summed E-state index contributed by atoms with van der Waals surface area (Å²) >= 11 is 0. The molecule has 0 aliphatic heterocycles. The molecule has 5 heteroatoms. The van der Waals surface area contributed by atoms with Crippen molar-refractivity contribution in [1.29, 1.82) is 0 Å². The number of pyridine rings is 3. The van der Waals surface area contributed by atoms with Crippen molar-refractivity contribution >= 4 is 22.1 Å². The van der Waals surface area contributed by atoms with Crippen molar-refractivity contribution in [3.63, 3.8) is 0 Å². The van der Waals surface area contributed by atoms with Gasteiger partial charge in [0.15, 0.2) is 0 Å². The van der Waals surface area contributed by atoms with E-state index in [2.05, 4.69) is 54.8 Å². The van der Waals surface area contributed by atoms with Gasteiger partial charge in [-0.2, -0.15) is 0 Å². The van der Waals surface area contributed by atoms with Crippen molar-refractivity contribution in [2.75, 3.05) is 0 Å². The molecular formula is C42H45IrN3O-2. The summed E-state index contributed by atoms with van der Waals surface area (Å²) < 4.78 is 116. The first-order chi connectivity index (χ1) is 27.2. The van der Waals surface area contributed by atoms with Gasteiger partial charge in [0, 0.05) is 62.8 Å². The predicted octanol–water partition coefficient (Wildman–Crippen LogP) is 10.8. The van der Waals surface area contributed by atoms with Crippen molar-refractivity contribution in [1.82, 2.24) is 15.0 Å². The van der Waals surface area contributed by atoms with Gasteiger partial charge >= 0.3 is 0 Å². The molecule has 1 aliphatic rings. The second kappa shape index (κ2) is 12.4. The minimum atomic E-state index is -2.69. The Morgan fingerprint density at radius 2 is 1.57 bits per heavy atom. The molecule has 0 unspecified atom stereocenters. The maximum atomic E-state index is 8.25. The number of furan rings is 1. The van der Waals surface area contributed by atoms with E-state index in [0.29, 0.717) is 33.4 Å². The molecule has 245 valence electrons. The van der Waals surface area contributed by atoms with E-state index in [-0.39, 0.29) is 53.9 Å². The Balaban J connectivity index is 0.000000253. The van der Waals surface area contributed by atoms with Crippen LogP contribution >= 0.6 is 0 Å². The fourth-order valence-corrected chi connectivity index (χ4v) is 5.90. The normalized spacial score (nSPS) is 20.3. The zero-order chi connectivity index (χ0) is 45.0. The Morgan fingerprint density at radius 3 is 2.21 bits per heavy atom. The number of hydrogen-bond acceptors (Lipinski definition) is 4. The maximum absolute atomic E-state index is 8.25. The second-order valence-electron chi connectivity index (χ2n) is 13.8. The Morgan fingerprint density at radius 1 is 0.809 bits per heavy atom. The Labute approximate surface area is 313 Å². The van der Waals surface area contributed by atoms with Crippen LogP contribution in [0.4, 0.5) is 0 Å². The van der Waals surface area contributed by atoms with E-state index in [1.165, 1.54) is 18.3 Å². The van der Waals surface area contributed by atoms with Crippen LogP contribution in [0.15, 0.2) is 65.3 Å². The van der Waals surface area contributed by atoms with Crippen LogP contribution in [0.2, 0.25) is 0 Å². The van der Waals surface area contributed by atoms with E-state index >= 15 is 0 Å². The zero-order valence-corrected chi connectivity index (χ0v) is 29.8. The van der Waals surface area contributed by atoms with Crippen LogP contribution in [0.1, 0.15) is 107 Å². The molecule has 2 aromatic carbocycles. The van der Waals surface area contributed by atoms with Gasteiger partial charge in [-0.1, -0.05) is 84.6 Å². The fraction of sp³-hybridized carbons (Fsp3) is 0.357. The minimum absolute atomic E-state index is 0. The van der Waals surface area contributed by atoms with E-state index in [1.54, 1.807) is 30.3 Å². The second-order valence-corrected chi connectivity index (χ2v) is 13.8. The van der Waals surface area contributed by atoms with Crippen LogP contribution in [0.3, 0.4) is 0 Å². The molecule has 0 amide bonds. The van der Waals surface area contributed by atoms with E-state index in [9.17, 15) is 0 Å². The summed E-state index contributed by atoms with van der Waals surface area (Å²) in [7, 11) is 0. The average Bonchev–Trinajstić information content (AvgIpc) is 3.51. The van der Waals surface area contributed by atoms with Crippen LogP contribution in [0.25, 0.3) is 44.6 Å². The third-order valence-electron chi connectivity index (χ3n) is 8.96. The summed E-state index contributed by atoms with van der Waals surface area (Å²) in [6.45, 7) is 3.87. The zero-order valence-electron chi connectivity index (χ0n) is 41.4. The third-order valence-corrected chi connectivity index (χ3v) is 8.96. The predicted molar refractivity (Wildman–Crippen MR) is 190 cm³/mol. The smallest absolute Gasteiger partial charge is 0.216 e.